The molecular formula is C23H20ClN3O3. The summed E-state index contributed by atoms with van der Waals surface area (Å²) in [5, 5.41) is 3.41. The molecule has 0 saturated carbocycles. The lowest BCUT2D eigenvalue weighted by atomic mass is 9.98. The number of hydrogen-bond donors (Lipinski definition) is 1. The molecule has 2 aliphatic rings. The number of amides is 2. The van der Waals surface area contributed by atoms with Gasteiger partial charge in [-0.05, 0) is 60.5 Å². The van der Waals surface area contributed by atoms with Crippen LogP contribution < -0.4 is 10.1 Å². The second-order valence-electron chi connectivity index (χ2n) is 7.15. The van der Waals surface area contributed by atoms with Crippen LogP contribution in [0.1, 0.15) is 22.8 Å². The lowest BCUT2D eigenvalue weighted by Crippen LogP contribution is -2.55. The Bertz CT molecular complexity index is 1090. The first kappa shape index (κ1) is 19.9. The van der Waals surface area contributed by atoms with Gasteiger partial charge in [-0.25, -0.2) is 4.99 Å². The molecule has 2 aliphatic heterocycles. The van der Waals surface area contributed by atoms with Gasteiger partial charge in [0.15, 0.2) is 0 Å². The van der Waals surface area contributed by atoms with Crippen LogP contribution in [0.3, 0.4) is 0 Å². The number of allylic oxidation sites excluding steroid dienone is 2. The maximum Gasteiger partial charge on any atom is 0.281 e. The van der Waals surface area contributed by atoms with Gasteiger partial charge in [-0.2, -0.15) is 0 Å². The minimum atomic E-state index is -1.45. The fourth-order valence-corrected chi connectivity index (χ4v) is 3.61. The van der Waals surface area contributed by atoms with Crippen molar-refractivity contribution in [1.29, 1.82) is 0 Å². The highest BCUT2D eigenvalue weighted by Gasteiger charge is 2.49. The Morgan fingerprint density at radius 1 is 1.17 bits per heavy atom. The SMILES string of the molecule is COc1ccc(C[C@@]2(NC(=O)c3ccc(Cl)cc3)N=C3C(C)=CC=CN3C2=O)cc1. The monoisotopic (exact) mass is 421 g/mol. The van der Waals surface area contributed by atoms with Crippen LogP contribution in [0.5, 0.6) is 5.75 Å². The topological polar surface area (TPSA) is 71.0 Å². The number of benzene rings is 2. The smallest absolute Gasteiger partial charge is 0.281 e. The first-order chi connectivity index (χ1) is 14.4. The Labute approximate surface area is 179 Å². The van der Waals surface area contributed by atoms with Crippen molar-refractivity contribution in [2.24, 2.45) is 4.99 Å². The minimum Gasteiger partial charge on any atom is -0.497 e. The summed E-state index contributed by atoms with van der Waals surface area (Å²) >= 11 is 5.93. The van der Waals surface area contributed by atoms with Crippen LogP contribution in [0.25, 0.3) is 0 Å². The van der Waals surface area contributed by atoms with Gasteiger partial charge in [-0.3, -0.25) is 14.5 Å². The zero-order valence-corrected chi connectivity index (χ0v) is 17.3. The van der Waals surface area contributed by atoms with Gasteiger partial charge in [0.05, 0.1) is 7.11 Å². The summed E-state index contributed by atoms with van der Waals surface area (Å²) in [4.78, 5) is 32.6. The first-order valence-electron chi connectivity index (χ1n) is 9.42. The average Bonchev–Trinajstić information content (AvgIpc) is 3.02. The van der Waals surface area contributed by atoms with Crippen molar-refractivity contribution in [3.05, 3.63) is 88.6 Å². The summed E-state index contributed by atoms with van der Waals surface area (Å²) in [6.07, 6.45) is 5.54. The highest BCUT2D eigenvalue weighted by Crippen LogP contribution is 2.30. The molecular weight excluding hydrogens is 402 g/mol. The number of carbonyl (C=O) groups excluding carboxylic acids is 2. The number of halogens is 1. The second-order valence-corrected chi connectivity index (χ2v) is 7.58. The number of aliphatic imine (C=N–C) groups is 1. The van der Waals surface area contributed by atoms with E-state index in [4.69, 9.17) is 21.3 Å². The Hall–Kier alpha value is -3.38. The number of methoxy groups -OCH3 is 1. The van der Waals surface area contributed by atoms with E-state index >= 15 is 0 Å². The number of amidine groups is 1. The molecule has 0 fully saturated rings. The summed E-state index contributed by atoms with van der Waals surface area (Å²) in [5.41, 5.74) is 0.637. The van der Waals surface area contributed by atoms with E-state index in [2.05, 4.69) is 5.32 Å². The molecule has 0 radical (unpaired) electrons. The Balaban J connectivity index is 1.72. The predicted octanol–water partition coefficient (Wildman–Crippen LogP) is 3.73. The molecule has 0 saturated heterocycles. The van der Waals surface area contributed by atoms with Crippen LogP contribution in [0.4, 0.5) is 0 Å². The van der Waals surface area contributed by atoms with Gasteiger partial charge < -0.3 is 10.1 Å². The van der Waals surface area contributed by atoms with Crippen LogP contribution in [0.15, 0.2) is 77.4 Å². The molecule has 2 aromatic rings. The highest BCUT2D eigenvalue weighted by molar-refractivity contribution is 6.30. The fraction of sp³-hybridized carbons (Fsp3) is 0.174. The van der Waals surface area contributed by atoms with Crippen molar-refractivity contribution in [2.45, 2.75) is 19.0 Å². The van der Waals surface area contributed by atoms with Crippen molar-refractivity contribution in [3.63, 3.8) is 0 Å². The number of nitrogens with one attached hydrogen (secondary N) is 1. The van der Waals surface area contributed by atoms with Crippen LogP contribution >= 0.6 is 11.6 Å². The standard InChI is InChI=1S/C23H20ClN3O3/c1-15-4-3-13-27-20(15)25-23(22(27)29,14-16-5-11-19(30-2)12-6-16)26-21(28)17-7-9-18(24)10-8-17/h3-13H,14H2,1-2H3,(H,26,28)/t23-/m0/s1. The maximum atomic E-state index is 13.4. The average molecular weight is 422 g/mol. The normalized spacial score (nSPS) is 19.8. The fourth-order valence-electron chi connectivity index (χ4n) is 3.48. The molecule has 6 nitrogen and oxygen atoms in total. The molecule has 0 unspecified atom stereocenters. The predicted molar refractivity (Wildman–Crippen MR) is 116 cm³/mol. The van der Waals surface area contributed by atoms with E-state index in [-0.39, 0.29) is 12.3 Å². The van der Waals surface area contributed by atoms with Gasteiger partial charge in [0.25, 0.3) is 11.8 Å². The number of hydrogen-bond acceptors (Lipinski definition) is 4. The summed E-state index contributed by atoms with van der Waals surface area (Å²) < 4.78 is 5.21. The lowest BCUT2D eigenvalue weighted by Gasteiger charge is -2.27. The number of nitrogens with zero attached hydrogens (tertiary/aromatic N) is 2. The zero-order chi connectivity index (χ0) is 21.3. The molecule has 1 N–H and O–H groups in total. The molecule has 0 bridgehead atoms. The molecule has 152 valence electrons. The molecule has 2 amide bonds. The Kier molecular flexibility index (Phi) is 5.18. The van der Waals surface area contributed by atoms with E-state index in [1.165, 1.54) is 4.90 Å². The van der Waals surface area contributed by atoms with Gasteiger partial charge in [-0.1, -0.05) is 29.8 Å². The van der Waals surface area contributed by atoms with Gasteiger partial charge >= 0.3 is 0 Å². The summed E-state index contributed by atoms with van der Waals surface area (Å²) in [6.45, 7) is 1.88. The van der Waals surface area contributed by atoms with Crippen LogP contribution in [0, 0.1) is 0 Å². The van der Waals surface area contributed by atoms with Crippen molar-refractivity contribution in [1.82, 2.24) is 10.2 Å². The van der Waals surface area contributed by atoms with E-state index in [1.54, 1.807) is 43.7 Å². The van der Waals surface area contributed by atoms with Gasteiger partial charge in [0, 0.05) is 23.2 Å². The first-order valence-corrected chi connectivity index (χ1v) is 9.80. The number of carbonyl (C=O) groups is 2. The molecule has 7 heteroatoms. The Morgan fingerprint density at radius 2 is 1.87 bits per heavy atom. The third-order valence-electron chi connectivity index (χ3n) is 5.08. The molecule has 2 heterocycles. The highest BCUT2D eigenvalue weighted by atomic mass is 35.5. The minimum absolute atomic E-state index is 0.205. The summed E-state index contributed by atoms with van der Waals surface area (Å²) in [5.74, 6) is 0.538. The van der Waals surface area contributed by atoms with E-state index < -0.39 is 11.6 Å². The van der Waals surface area contributed by atoms with Gasteiger partial charge in [-0.15, -0.1) is 0 Å². The molecule has 0 spiro atoms. The van der Waals surface area contributed by atoms with Crippen molar-refractivity contribution < 1.29 is 14.3 Å². The third kappa shape index (κ3) is 3.62. The quantitative estimate of drug-likeness (QED) is 0.799. The third-order valence-corrected chi connectivity index (χ3v) is 5.33. The van der Waals surface area contributed by atoms with Crippen LogP contribution in [-0.2, 0) is 11.2 Å². The molecule has 2 aromatic carbocycles. The number of rotatable bonds is 5. The largest absolute Gasteiger partial charge is 0.497 e. The number of fused-ring (bicyclic) bond motifs is 1. The molecule has 0 aromatic heterocycles. The van der Waals surface area contributed by atoms with Crippen LogP contribution in [-0.4, -0.2) is 35.3 Å². The van der Waals surface area contributed by atoms with E-state index in [0.29, 0.717) is 22.2 Å². The molecule has 30 heavy (non-hydrogen) atoms. The maximum absolute atomic E-state index is 13.4. The lowest BCUT2D eigenvalue weighted by molar-refractivity contribution is -0.130. The van der Waals surface area contributed by atoms with Crippen molar-refractivity contribution in [2.75, 3.05) is 7.11 Å². The van der Waals surface area contributed by atoms with Gasteiger partial charge in [0.2, 0.25) is 5.66 Å². The zero-order valence-electron chi connectivity index (χ0n) is 16.6. The van der Waals surface area contributed by atoms with E-state index in [9.17, 15) is 9.59 Å². The molecule has 1 atom stereocenters. The summed E-state index contributed by atoms with van der Waals surface area (Å²) in [7, 11) is 1.59. The van der Waals surface area contributed by atoms with Crippen molar-refractivity contribution in [3.8, 4) is 5.75 Å². The van der Waals surface area contributed by atoms with Crippen LogP contribution in [0.2, 0.25) is 5.02 Å². The van der Waals surface area contributed by atoms with E-state index in [1.807, 2.05) is 37.3 Å². The van der Waals surface area contributed by atoms with Crippen molar-refractivity contribution >= 4 is 29.3 Å². The summed E-state index contributed by atoms with van der Waals surface area (Å²) in [6, 6.07) is 13.8. The second kappa shape index (κ2) is 7.80. The van der Waals surface area contributed by atoms with Gasteiger partial charge in [0.1, 0.15) is 11.6 Å². The molecule has 0 aliphatic carbocycles. The Morgan fingerprint density at radius 3 is 2.50 bits per heavy atom. The van der Waals surface area contributed by atoms with E-state index in [0.717, 1.165) is 11.1 Å². The molecule has 4 rings (SSSR count). The number of ether oxygens (including phenoxy) is 1.